The van der Waals surface area contributed by atoms with E-state index >= 15 is 0 Å². The first kappa shape index (κ1) is 16.3. The minimum Gasteiger partial charge on any atom is -0.353 e. The summed E-state index contributed by atoms with van der Waals surface area (Å²) in [5.41, 5.74) is 8.00. The lowest BCUT2D eigenvalue weighted by molar-refractivity contribution is 0.514. The summed E-state index contributed by atoms with van der Waals surface area (Å²) in [4.78, 5) is 11.4. The third-order valence-electron chi connectivity index (χ3n) is 4.15. The SMILES string of the molecule is Cc1cc(Nc2cc(N3CC(N)C3)nc(/C=C/c3ccccc3)n2)n[nH]1. The van der Waals surface area contributed by atoms with Crippen LogP contribution >= 0.6 is 0 Å². The van der Waals surface area contributed by atoms with E-state index in [1.165, 1.54) is 0 Å². The van der Waals surface area contributed by atoms with Crippen LogP contribution in [0.5, 0.6) is 0 Å². The molecule has 4 rings (SSSR count). The fourth-order valence-electron chi connectivity index (χ4n) is 2.80. The summed E-state index contributed by atoms with van der Waals surface area (Å²) in [6, 6.07) is 14.2. The van der Waals surface area contributed by atoms with Gasteiger partial charge in [-0.1, -0.05) is 36.4 Å². The predicted octanol–water partition coefficient (Wildman–Crippen LogP) is 2.57. The van der Waals surface area contributed by atoms with Crippen LogP contribution in [-0.2, 0) is 0 Å². The Kier molecular flexibility index (Phi) is 4.37. The largest absolute Gasteiger partial charge is 0.353 e. The molecule has 3 heterocycles. The molecule has 4 N–H and O–H groups in total. The Morgan fingerprint density at radius 3 is 2.62 bits per heavy atom. The van der Waals surface area contributed by atoms with Gasteiger partial charge in [0.25, 0.3) is 0 Å². The van der Waals surface area contributed by atoms with Crippen molar-refractivity contribution in [2.75, 3.05) is 23.3 Å². The first-order chi connectivity index (χ1) is 12.7. The van der Waals surface area contributed by atoms with Crippen LogP contribution in [0.25, 0.3) is 12.2 Å². The number of nitrogens with one attached hydrogen (secondary N) is 2. The van der Waals surface area contributed by atoms with Crippen molar-refractivity contribution in [2.45, 2.75) is 13.0 Å². The zero-order valence-corrected chi connectivity index (χ0v) is 14.6. The van der Waals surface area contributed by atoms with Crippen molar-refractivity contribution in [3.05, 3.63) is 59.5 Å². The van der Waals surface area contributed by atoms with Gasteiger partial charge in [-0.15, -0.1) is 0 Å². The number of nitrogens with two attached hydrogens (primary N) is 1. The van der Waals surface area contributed by atoms with Crippen LogP contribution in [0, 0.1) is 6.92 Å². The van der Waals surface area contributed by atoms with E-state index < -0.39 is 0 Å². The maximum atomic E-state index is 5.91. The summed E-state index contributed by atoms with van der Waals surface area (Å²) in [6.45, 7) is 3.57. The van der Waals surface area contributed by atoms with Gasteiger partial charge in [0.2, 0.25) is 0 Å². The molecule has 1 aliphatic rings. The molecule has 0 spiro atoms. The van der Waals surface area contributed by atoms with Crippen LogP contribution in [0.15, 0.2) is 42.5 Å². The minimum absolute atomic E-state index is 0.207. The van der Waals surface area contributed by atoms with Crippen LogP contribution in [0.1, 0.15) is 17.1 Å². The Morgan fingerprint density at radius 2 is 1.92 bits per heavy atom. The molecule has 0 atom stereocenters. The van der Waals surface area contributed by atoms with Crippen molar-refractivity contribution in [3.63, 3.8) is 0 Å². The van der Waals surface area contributed by atoms with E-state index in [4.69, 9.17) is 5.73 Å². The number of H-pyrrole nitrogens is 1. The number of hydrogen-bond donors (Lipinski definition) is 3. The number of nitrogens with zero attached hydrogens (tertiary/aromatic N) is 4. The van der Waals surface area contributed by atoms with Gasteiger partial charge in [0.1, 0.15) is 11.6 Å². The summed E-state index contributed by atoms with van der Waals surface area (Å²) < 4.78 is 0. The topological polar surface area (TPSA) is 95.8 Å². The second kappa shape index (κ2) is 6.97. The first-order valence-corrected chi connectivity index (χ1v) is 8.57. The smallest absolute Gasteiger partial charge is 0.156 e. The van der Waals surface area contributed by atoms with Gasteiger partial charge >= 0.3 is 0 Å². The van der Waals surface area contributed by atoms with E-state index in [-0.39, 0.29) is 6.04 Å². The molecule has 1 aliphatic heterocycles. The molecule has 2 aromatic heterocycles. The van der Waals surface area contributed by atoms with Crippen LogP contribution in [0.4, 0.5) is 17.5 Å². The molecular weight excluding hydrogens is 326 g/mol. The molecule has 7 nitrogen and oxygen atoms in total. The van der Waals surface area contributed by atoms with Crippen LogP contribution in [0.3, 0.4) is 0 Å². The number of aromatic nitrogens is 4. The monoisotopic (exact) mass is 347 g/mol. The molecule has 0 saturated carbocycles. The highest BCUT2D eigenvalue weighted by Crippen LogP contribution is 2.23. The van der Waals surface area contributed by atoms with Crippen LogP contribution in [-0.4, -0.2) is 39.3 Å². The van der Waals surface area contributed by atoms with Crippen molar-refractivity contribution >= 4 is 29.6 Å². The summed E-state index contributed by atoms with van der Waals surface area (Å²) in [5, 5.41) is 10.4. The number of benzene rings is 1. The van der Waals surface area contributed by atoms with Crippen molar-refractivity contribution in [3.8, 4) is 0 Å². The molecule has 3 aromatic rings. The van der Waals surface area contributed by atoms with Gasteiger partial charge in [-0.3, -0.25) is 5.10 Å². The van der Waals surface area contributed by atoms with Gasteiger partial charge in [-0.25, -0.2) is 9.97 Å². The van der Waals surface area contributed by atoms with Gasteiger partial charge in [0, 0.05) is 37.0 Å². The van der Waals surface area contributed by atoms with Crippen molar-refractivity contribution in [1.29, 1.82) is 0 Å². The van der Waals surface area contributed by atoms with E-state index in [9.17, 15) is 0 Å². The Balaban J connectivity index is 1.62. The lowest BCUT2D eigenvalue weighted by Crippen LogP contribution is -2.56. The van der Waals surface area contributed by atoms with Crippen molar-refractivity contribution in [2.24, 2.45) is 5.73 Å². The maximum absolute atomic E-state index is 5.91. The second-order valence-corrected chi connectivity index (χ2v) is 6.44. The van der Waals surface area contributed by atoms with Crippen molar-refractivity contribution in [1.82, 2.24) is 20.2 Å². The highest BCUT2D eigenvalue weighted by molar-refractivity contribution is 5.69. The van der Waals surface area contributed by atoms with Gasteiger partial charge in [0.05, 0.1) is 0 Å². The molecule has 7 heteroatoms. The summed E-state index contributed by atoms with van der Waals surface area (Å²) in [7, 11) is 0. The summed E-state index contributed by atoms with van der Waals surface area (Å²) in [5.74, 6) is 2.94. The van der Waals surface area contributed by atoms with Gasteiger partial charge in [-0.2, -0.15) is 5.10 Å². The quantitative estimate of drug-likeness (QED) is 0.656. The van der Waals surface area contributed by atoms with Crippen molar-refractivity contribution < 1.29 is 0 Å². The van der Waals surface area contributed by atoms with E-state index in [1.54, 1.807) is 0 Å². The minimum atomic E-state index is 0.207. The number of aromatic amines is 1. The molecule has 1 aromatic carbocycles. The molecule has 0 aliphatic carbocycles. The van der Waals surface area contributed by atoms with Gasteiger partial charge in [-0.05, 0) is 18.6 Å². The Hall–Kier alpha value is -3.19. The molecular formula is C19H21N7. The van der Waals surface area contributed by atoms with E-state index in [0.717, 1.165) is 36.0 Å². The number of hydrogen-bond acceptors (Lipinski definition) is 6. The zero-order valence-electron chi connectivity index (χ0n) is 14.6. The van der Waals surface area contributed by atoms with E-state index in [2.05, 4.69) is 30.4 Å². The summed E-state index contributed by atoms with van der Waals surface area (Å²) >= 11 is 0. The third kappa shape index (κ3) is 3.73. The first-order valence-electron chi connectivity index (χ1n) is 8.57. The molecule has 0 bridgehead atoms. The average Bonchev–Trinajstić information content (AvgIpc) is 3.03. The predicted molar refractivity (Wildman–Crippen MR) is 104 cm³/mol. The van der Waals surface area contributed by atoms with E-state index in [1.807, 2.05) is 61.5 Å². The molecule has 0 radical (unpaired) electrons. The Bertz CT molecular complexity index is 911. The molecule has 0 unspecified atom stereocenters. The fourth-order valence-corrected chi connectivity index (χ4v) is 2.80. The van der Waals surface area contributed by atoms with Gasteiger partial charge in [0.15, 0.2) is 11.6 Å². The molecule has 26 heavy (non-hydrogen) atoms. The lowest BCUT2D eigenvalue weighted by atomic mass is 10.1. The standard InChI is InChI=1S/C19H21N7/c1-13-9-18(25-24-13)22-17-10-19(26-11-15(20)12-26)23-16(21-17)8-7-14-5-3-2-4-6-14/h2-10,15H,11-12,20H2,1H3,(H2,21,22,23,24,25)/b8-7+. The molecule has 1 fully saturated rings. The second-order valence-electron chi connectivity index (χ2n) is 6.44. The Morgan fingerprint density at radius 1 is 1.12 bits per heavy atom. The highest BCUT2D eigenvalue weighted by Gasteiger charge is 2.25. The molecule has 1 saturated heterocycles. The summed E-state index contributed by atoms with van der Waals surface area (Å²) in [6.07, 6.45) is 3.92. The average molecular weight is 347 g/mol. The maximum Gasteiger partial charge on any atom is 0.156 e. The lowest BCUT2D eigenvalue weighted by Gasteiger charge is -2.37. The molecule has 0 amide bonds. The Labute approximate surface area is 152 Å². The third-order valence-corrected chi connectivity index (χ3v) is 4.15. The highest BCUT2D eigenvalue weighted by atomic mass is 15.3. The van der Waals surface area contributed by atoms with E-state index in [0.29, 0.717) is 11.6 Å². The van der Waals surface area contributed by atoms with Crippen LogP contribution in [0.2, 0.25) is 0 Å². The normalized spacial score (nSPS) is 14.6. The number of aryl methyl sites for hydroxylation is 1. The fraction of sp³-hybridized carbons (Fsp3) is 0.211. The molecule has 132 valence electrons. The number of anilines is 3. The van der Waals surface area contributed by atoms with Crippen LogP contribution < -0.4 is 16.0 Å². The zero-order chi connectivity index (χ0) is 17.9. The number of rotatable bonds is 5. The van der Waals surface area contributed by atoms with Gasteiger partial charge < -0.3 is 16.0 Å².